The van der Waals surface area contributed by atoms with E-state index in [0.29, 0.717) is 0 Å². The molecule has 0 amide bonds. The van der Waals surface area contributed by atoms with Crippen LogP contribution in [0, 0.1) is 6.92 Å². The largest absolute Gasteiger partial charge is 0.309 e. The van der Waals surface area contributed by atoms with Crippen LogP contribution in [0.1, 0.15) is 17.4 Å². The summed E-state index contributed by atoms with van der Waals surface area (Å²) >= 11 is 1.89. The van der Waals surface area contributed by atoms with Crippen molar-refractivity contribution in [3.05, 3.63) is 126 Å². The molecule has 0 atom stereocenters. The molecule has 8 aromatic rings. The van der Waals surface area contributed by atoms with E-state index in [1.165, 1.54) is 75.5 Å². The van der Waals surface area contributed by atoms with Gasteiger partial charge in [0.15, 0.2) is 0 Å². The lowest BCUT2D eigenvalue weighted by Crippen LogP contribution is -1.96. The lowest BCUT2D eigenvalue weighted by Gasteiger charge is -2.11. The molecule has 0 aliphatic heterocycles. The summed E-state index contributed by atoms with van der Waals surface area (Å²) in [5, 5.41) is 6.43. The first-order valence-electron chi connectivity index (χ1n) is 13.4. The van der Waals surface area contributed by atoms with E-state index in [0.717, 1.165) is 0 Å². The number of thiophene rings is 1. The zero-order valence-corrected chi connectivity index (χ0v) is 22.7. The van der Waals surface area contributed by atoms with Gasteiger partial charge in [0.1, 0.15) is 0 Å². The number of benzene rings is 5. The predicted octanol–water partition coefficient (Wildman–Crippen LogP) is 10.4. The SMILES string of the molecule is CC=Cc1c(C)sc2c(-n3c4ccccc4c4cc(-n5c6ccccc6c6ccccc65)ccc43)cccc12. The van der Waals surface area contributed by atoms with Gasteiger partial charge >= 0.3 is 0 Å². The van der Waals surface area contributed by atoms with Crippen LogP contribution in [-0.4, -0.2) is 9.13 Å². The summed E-state index contributed by atoms with van der Waals surface area (Å²) in [7, 11) is 0. The maximum atomic E-state index is 2.46. The lowest BCUT2D eigenvalue weighted by molar-refractivity contribution is 1.17. The number of aromatic nitrogens is 2. The first kappa shape index (κ1) is 22.4. The van der Waals surface area contributed by atoms with Crippen LogP contribution in [0.25, 0.3) is 71.1 Å². The molecule has 0 saturated heterocycles. The van der Waals surface area contributed by atoms with Crippen molar-refractivity contribution in [3.63, 3.8) is 0 Å². The Morgan fingerprint density at radius 3 is 1.79 bits per heavy atom. The average Bonchev–Trinajstić information content (AvgIpc) is 3.60. The summed E-state index contributed by atoms with van der Waals surface area (Å²) < 4.78 is 6.19. The Hall–Kier alpha value is -4.60. The second-order valence-electron chi connectivity index (χ2n) is 10.1. The van der Waals surface area contributed by atoms with Crippen LogP contribution in [0.15, 0.2) is 115 Å². The van der Waals surface area contributed by atoms with Gasteiger partial charge in [0.2, 0.25) is 0 Å². The molecule has 0 N–H and O–H groups in total. The van der Waals surface area contributed by atoms with Crippen molar-refractivity contribution >= 4 is 71.1 Å². The lowest BCUT2D eigenvalue weighted by atomic mass is 10.1. The van der Waals surface area contributed by atoms with Crippen LogP contribution >= 0.6 is 11.3 Å². The van der Waals surface area contributed by atoms with E-state index >= 15 is 0 Å². The topological polar surface area (TPSA) is 9.86 Å². The number of fused-ring (bicyclic) bond motifs is 7. The highest BCUT2D eigenvalue weighted by Gasteiger charge is 2.18. The molecule has 0 unspecified atom stereocenters. The molecule has 39 heavy (non-hydrogen) atoms. The van der Waals surface area contributed by atoms with Crippen LogP contribution in [0.5, 0.6) is 0 Å². The Kier molecular flexibility index (Phi) is 4.85. The minimum Gasteiger partial charge on any atom is -0.309 e. The third-order valence-electron chi connectivity index (χ3n) is 7.99. The Labute approximate surface area is 230 Å². The molecule has 3 heteroatoms. The highest BCUT2D eigenvalue weighted by Crippen LogP contribution is 2.41. The molecule has 3 aromatic heterocycles. The first-order valence-corrected chi connectivity index (χ1v) is 14.2. The summed E-state index contributed by atoms with van der Waals surface area (Å²) in [6.45, 7) is 4.32. The summed E-state index contributed by atoms with van der Waals surface area (Å²) in [5.41, 5.74) is 8.68. The van der Waals surface area contributed by atoms with E-state index in [-0.39, 0.29) is 0 Å². The zero-order chi connectivity index (χ0) is 26.1. The van der Waals surface area contributed by atoms with E-state index < -0.39 is 0 Å². The number of hydrogen-bond donors (Lipinski definition) is 0. The highest BCUT2D eigenvalue weighted by molar-refractivity contribution is 7.19. The number of para-hydroxylation sites is 3. The molecule has 3 heterocycles. The summed E-state index contributed by atoms with van der Waals surface area (Å²) in [4.78, 5) is 1.35. The second kappa shape index (κ2) is 8.45. The van der Waals surface area contributed by atoms with E-state index in [4.69, 9.17) is 0 Å². The minimum absolute atomic E-state index is 1.18. The average molecular weight is 519 g/mol. The van der Waals surface area contributed by atoms with Crippen molar-refractivity contribution in [1.29, 1.82) is 0 Å². The van der Waals surface area contributed by atoms with Crippen LogP contribution in [0.4, 0.5) is 0 Å². The molecule has 0 fully saturated rings. The molecule has 0 spiro atoms. The van der Waals surface area contributed by atoms with Gasteiger partial charge in [-0.15, -0.1) is 11.3 Å². The molecule has 2 nitrogen and oxygen atoms in total. The van der Waals surface area contributed by atoms with E-state index in [9.17, 15) is 0 Å². The Morgan fingerprint density at radius 1 is 0.564 bits per heavy atom. The maximum absolute atomic E-state index is 2.46. The number of aryl methyl sites for hydroxylation is 1. The number of allylic oxidation sites excluding steroid dienone is 1. The Bertz CT molecular complexity index is 2200. The van der Waals surface area contributed by atoms with Crippen molar-refractivity contribution in [3.8, 4) is 11.4 Å². The van der Waals surface area contributed by atoms with Gasteiger partial charge < -0.3 is 9.13 Å². The molecule has 0 aliphatic carbocycles. The van der Waals surface area contributed by atoms with Crippen molar-refractivity contribution in [2.45, 2.75) is 13.8 Å². The zero-order valence-electron chi connectivity index (χ0n) is 21.8. The van der Waals surface area contributed by atoms with E-state index in [2.05, 4.69) is 144 Å². The molecule has 0 aliphatic rings. The van der Waals surface area contributed by atoms with Gasteiger partial charge in [0.25, 0.3) is 0 Å². The van der Waals surface area contributed by atoms with Crippen molar-refractivity contribution < 1.29 is 0 Å². The fourth-order valence-electron chi connectivity index (χ4n) is 6.35. The fraction of sp³-hybridized carbons (Fsp3) is 0.0556. The molecule has 8 rings (SSSR count). The standard InChI is InChI=1S/C36H26N2S/c1-3-11-25-23(2)39-36-29(25)15-10-19-35(36)38-33-18-9-6-14-28(33)30-22-24(20-21-34(30)38)37-31-16-7-4-12-26(31)27-13-5-8-17-32(27)37/h3-22H,1-2H3. The molecular formula is C36H26N2S. The van der Waals surface area contributed by atoms with Crippen molar-refractivity contribution in [2.75, 3.05) is 0 Å². The molecule has 5 aromatic carbocycles. The van der Waals surface area contributed by atoms with Crippen molar-refractivity contribution in [2.24, 2.45) is 0 Å². The smallest absolute Gasteiger partial charge is 0.0640 e. The van der Waals surface area contributed by atoms with Crippen LogP contribution in [-0.2, 0) is 0 Å². The normalized spacial score (nSPS) is 12.3. The number of hydrogen-bond acceptors (Lipinski definition) is 1. The van der Waals surface area contributed by atoms with Gasteiger partial charge in [0, 0.05) is 37.5 Å². The predicted molar refractivity (Wildman–Crippen MR) is 170 cm³/mol. The van der Waals surface area contributed by atoms with Crippen LogP contribution in [0.3, 0.4) is 0 Å². The highest BCUT2D eigenvalue weighted by atomic mass is 32.1. The second-order valence-corrected chi connectivity index (χ2v) is 11.4. The molecule has 186 valence electrons. The van der Waals surface area contributed by atoms with Crippen molar-refractivity contribution in [1.82, 2.24) is 9.13 Å². The van der Waals surface area contributed by atoms with Crippen LogP contribution in [0.2, 0.25) is 0 Å². The molecule has 0 bridgehead atoms. The fourth-order valence-corrected chi connectivity index (χ4v) is 7.50. The van der Waals surface area contributed by atoms with Gasteiger partial charge in [-0.1, -0.05) is 78.9 Å². The number of rotatable bonds is 3. The Morgan fingerprint density at radius 2 is 1.13 bits per heavy atom. The monoisotopic (exact) mass is 518 g/mol. The minimum atomic E-state index is 1.18. The number of nitrogens with zero attached hydrogens (tertiary/aromatic N) is 2. The molecule has 0 saturated carbocycles. The molecular weight excluding hydrogens is 492 g/mol. The summed E-state index contributed by atoms with van der Waals surface area (Å²) in [5.74, 6) is 0. The quantitative estimate of drug-likeness (QED) is 0.220. The van der Waals surface area contributed by atoms with E-state index in [1.807, 2.05) is 11.3 Å². The van der Waals surface area contributed by atoms with E-state index in [1.54, 1.807) is 0 Å². The van der Waals surface area contributed by atoms with Gasteiger partial charge in [-0.25, -0.2) is 0 Å². The third-order valence-corrected chi connectivity index (χ3v) is 9.15. The van der Waals surface area contributed by atoms with Gasteiger partial charge in [-0.2, -0.15) is 0 Å². The Balaban J connectivity index is 1.45. The first-order chi connectivity index (χ1) is 19.2. The van der Waals surface area contributed by atoms with Gasteiger partial charge in [-0.3, -0.25) is 0 Å². The van der Waals surface area contributed by atoms with Crippen LogP contribution < -0.4 is 0 Å². The maximum Gasteiger partial charge on any atom is 0.0640 e. The summed E-state index contributed by atoms with van der Waals surface area (Å²) in [6, 6.07) is 39.9. The van der Waals surface area contributed by atoms with Gasteiger partial charge in [-0.05, 0) is 61.9 Å². The third kappa shape index (κ3) is 3.14. The molecule has 0 radical (unpaired) electrons. The van der Waals surface area contributed by atoms with Gasteiger partial charge in [0.05, 0.1) is 32.5 Å². The summed E-state index contributed by atoms with van der Waals surface area (Å²) in [6.07, 6.45) is 4.37.